The standard InChI is InChI=1S/C24H28N2O2/c1-20(25-19-10-4-9-18-24(27)26-28)12-11-17-23(21-13-5-2-6-14-21)22-15-7-3-8-16-22/h2-3,5-8,11-17,25,28H,1,4,9-10,18-19H2,(H,26,27)/b12-11+. The van der Waals surface area contributed by atoms with Crippen LogP contribution in [0.2, 0.25) is 0 Å². The van der Waals surface area contributed by atoms with Crippen LogP contribution in [-0.4, -0.2) is 17.7 Å². The van der Waals surface area contributed by atoms with Crippen molar-refractivity contribution < 1.29 is 10.0 Å². The summed E-state index contributed by atoms with van der Waals surface area (Å²) in [6.45, 7) is 4.84. The van der Waals surface area contributed by atoms with Crippen molar-refractivity contribution in [3.63, 3.8) is 0 Å². The number of hydrogen-bond acceptors (Lipinski definition) is 3. The second kappa shape index (κ2) is 12.3. The van der Waals surface area contributed by atoms with Gasteiger partial charge < -0.3 is 5.32 Å². The summed E-state index contributed by atoms with van der Waals surface area (Å²) in [5, 5.41) is 11.7. The highest BCUT2D eigenvalue weighted by atomic mass is 16.5. The highest BCUT2D eigenvalue weighted by Gasteiger charge is 2.02. The zero-order chi connectivity index (χ0) is 20.0. The quantitative estimate of drug-likeness (QED) is 0.227. The largest absolute Gasteiger partial charge is 0.386 e. The van der Waals surface area contributed by atoms with E-state index in [9.17, 15) is 4.79 Å². The Morgan fingerprint density at radius 2 is 1.54 bits per heavy atom. The van der Waals surface area contributed by atoms with E-state index in [0.717, 1.165) is 37.1 Å². The lowest BCUT2D eigenvalue weighted by molar-refractivity contribution is -0.129. The normalized spacial score (nSPS) is 10.5. The number of carbonyl (C=O) groups is 1. The third kappa shape index (κ3) is 7.64. The van der Waals surface area contributed by atoms with Gasteiger partial charge in [-0.1, -0.05) is 85.8 Å². The number of amides is 1. The zero-order valence-corrected chi connectivity index (χ0v) is 16.1. The van der Waals surface area contributed by atoms with Gasteiger partial charge in [-0.15, -0.1) is 0 Å². The number of hydrogen-bond donors (Lipinski definition) is 3. The molecule has 0 saturated heterocycles. The Labute approximate surface area is 167 Å². The van der Waals surface area contributed by atoms with Gasteiger partial charge in [0.2, 0.25) is 5.91 Å². The molecule has 0 aliphatic heterocycles. The van der Waals surface area contributed by atoms with Crippen molar-refractivity contribution >= 4 is 11.5 Å². The first-order chi connectivity index (χ1) is 13.7. The SMILES string of the molecule is C=C(/C=C/C=C(c1ccccc1)c1ccccc1)NCCCCCC(=O)NO. The van der Waals surface area contributed by atoms with Gasteiger partial charge in [-0.2, -0.15) is 0 Å². The molecule has 0 fully saturated rings. The molecule has 0 unspecified atom stereocenters. The van der Waals surface area contributed by atoms with Crippen LogP contribution in [0.3, 0.4) is 0 Å². The van der Waals surface area contributed by atoms with Crippen LogP contribution in [0.25, 0.3) is 5.57 Å². The summed E-state index contributed by atoms with van der Waals surface area (Å²) in [5.74, 6) is -0.334. The molecule has 3 N–H and O–H groups in total. The summed E-state index contributed by atoms with van der Waals surface area (Å²) >= 11 is 0. The van der Waals surface area contributed by atoms with Gasteiger partial charge in [0.05, 0.1) is 0 Å². The first kappa shape index (κ1) is 21.2. The highest BCUT2D eigenvalue weighted by molar-refractivity contribution is 5.80. The molecule has 0 aliphatic rings. The van der Waals surface area contributed by atoms with Gasteiger partial charge in [-0.3, -0.25) is 10.0 Å². The van der Waals surface area contributed by atoms with Crippen molar-refractivity contribution in [2.24, 2.45) is 0 Å². The molecule has 0 radical (unpaired) electrons. The molecule has 1 amide bonds. The molecule has 0 heterocycles. The minimum absolute atomic E-state index is 0.334. The van der Waals surface area contributed by atoms with Crippen molar-refractivity contribution in [1.29, 1.82) is 0 Å². The monoisotopic (exact) mass is 376 g/mol. The lowest BCUT2D eigenvalue weighted by atomic mass is 9.97. The fourth-order valence-corrected chi connectivity index (χ4v) is 2.81. The van der Waals surface area contributed by atoms with Gasteiger partial charge in [0.1, 0.15) is 0 Å². The van der Waals surface area contributed by atoms with Crippen molar-refractivity contribution in [1.82, 2.24) is 10.8 Å². The maximum atomic E-state index is 10.9. The summed E-state index contributed by atoms with van der Waals surface area (Å²) in [4.78, 5) is 10.9. The number of nitrogens with one attached hydrogen (secondary N) is 2. The fraction of sp³-hybridized carbons (Fsp3) is 0.208. The molecule has 0 saturated carbocycles. The second-order valence-corrected chi connectivity index (χ2v) is 6.47. The average molecular weight is 377 g/mol. The van der Waals surface area contributed by atoms with E-state index in [1.165, 1.54) is 11.1 Å². The van der Waals surface area contributed by atoms with E-state index in [-0.39, 0.29) is 5.91 Å². The molecular weight excluding hydrogens is 348 g/mol. The predicted molar refractivity (Wildman–Crippen MR) is 115 cm³/mol. The first-order valence-electron chi connectivity index (χ1n) is 9.55. The lowest BCUT2D eigenvalue weighted by Crippen LogP contribution is -2.18. The Hall–Kier alpha value is -3.11. The lowest BCUT2D eigenvalue weighted by Gasteiger charge is -2.08. The molecule has 0 aromatic heterocycles. The molecule has 0 atom stereocenters. The third-order valence-electron chi connectivity index (χ3n) is 4.29. The smallest absolute Gasteiger partial charge is 0.243 e. The Morgan fingerprint density at radius 3 is 2.11 bits per heavy atom. The number of carbonyl (C=O) groups excluding carboxylic acids is 1. The van der Waals surface area contributed by atoms with Crippen LogP contribution < -0.4 is 10.8 Å². The number of rotatable bonds is 11. The number of benzene rings is 2. The van der Waals surface area contributed by atoms with E-state index in [2.05, 4.69) is 42.2 Å². The van der Waals surface area contributed by atoms with Gasteiger partial charge in [0.25, 0.3) is 0 Å². The number of hydroxylamine groups is 1. The van der Waals surface area contributed by atoms with E-state index in [4.69, 9.17) is 5.21 Å². The van der Waals surface area contributed by atoms with Crippen molar-refractivity contribution in [3.05, 3.63) is 102 Å². The summed E-state index contributed by atoms with van der Waals surface area (Å²) < 4.78 is 0. The van der Waals surface area contributed by atoms with E-state index in [1.807, 2.05) is 48.6 Å². The van der Waals surface area contributed by atoms with Crippen LogP contribution in [0.1, 0.15) is 36.8 Å². The molecule has 4 nitrogen and oxygen atoms in total. The number of unbranched alkanes of at least 4 members (excludes halogenated alkanes) is 2. The van der Waals surface area contributed by atoms with Crippen LogP contribution in [-0.2, 0) is 4.79 Å². The van der Waals surface area contributed by atoms with E-state index >= 15 is 0 Å². The summed E-state index contributed by atoms with van der Waals surface area (Å²) in [6, 6.07) is 20.6. The topological polar surface area (TPSA) is 61.4 Å². The molecule has 0 aliphatic carbocycles. The molecular formula is C24H28N2O2. The molecule has 2 aromatic carbocycles. The summed E-state index contributed by atoms with van der Waals surface area (Å²) in [7, 11) is 0. The first-order valence-corrected chi connectivity index (χ1v) is 9.55. The van der Waals surface area contributed by atoms with Crippen LogP contribution in [0.15, 0.2) is 91.2 Å². The third-order valence-corrected chi connectivity index (χ3v) is 4.29. The Kier molecular flexibility index (Phi) is 9.32. The molecule has 28 heavy (non-hydrogen) atoms. The molecule has 0 bridgehead atoms. The van der Waals surface area contributed by atoms with Gasteiger partial charge in [0, 0.05) is 18.7 Å². The molecule has 4 heteroatoms. The van der Waals surface area contributed by atoms with E-state index < -0.39 is 0 Å². The maximum Gasteiger partial charge on any atom is 0.243 e. The summed E-state index contributed by atoms with van der Waals surface area (Å²) in [5.41, 5.74) is 6.00. The van der Waals surface area contributed by atoms with Crippen molar-refractivity contribution in [2.75, 3.05) is 6.54 Å². The minimum atomic E-state index is -0.334. The van der Waals surface area contributed by atoms with E-state index in [1.54, 1.807) is 5.48 Å². The Morgan fingerprint density at radius 1 is 0.929 bits per heavy atom. The fourth-order valence-electron chi connectivity index (χ4n) is 2.81. The predicted octanol–water partition coefficient (Wildman–Crippen LogP) is 4.84. The van der Waals surface area contributed by atoms with Crippen LogP contribution in [0.5, 0.6) is 0 Å². The van der Waals surface area contributed by atoms with Crippen LogP contribution >= 0.6 is 0 Å². The zero-order valence-electron chi connectivity index (χ0n) is 16.1. The van der Waals surface area contributed by atoms with Crippen LogP contribution in [0.4, 0.5) is 0 Å². The Balaban J connectivity index is 1.87. The average Bonchev–Trinajstić information content (AvgIpc) is 2.74. The van der Waals surface area contributed by atoms with Crippen molar-refractivity contribution in [3.8, 4) is 0 Å². The highest BCUT2D eigenvalue weighted by Crippen LogP contribution is 2.23. The minimum Gasteiger partial charge on any atom is -0.386 e. The van der Waals surface area contributed by atoms with Crippen molar-refractivity contribution in [2.45, 2.75) is 25.7 Å². The van der Waals surface area contributed by atoms with Gasteiger partial charge >= 0.3 is 0 Å². The van der Waals surface area contributed by atoms with Gasteiger partial charge in [0.15, 0.2) is 0 Å². The second-order valence-electron chi connectivity index (χ2n) is 6.47. The molecule has 2 aromatic rings. The molecule has 0 spiro atoms. The van der Waals surface area contributed by atoms with Gasteiger partial charge in [-0.25, -0.2) is 5.48 Å². The van der Waals surface area contributed by atoms with Crippen LogP contribution in [0, 0.1) is 0 Å². The number of allylic oxidation sites excluding steroid dienone is 3. The molecule has 146 valence electrons. The Bertz CT molecular complexity index is 754. The van der Waals surface area contributed by atoms with E-state index in [0.29, 0.717) is 6.42 Å². The molecule has 2 rings (SSSR count). The van der Waals surface area contributed by atoms with Gasteiger partial charge in [-0.05, 0) is 35.6 Å². The summed E-state index contributed by atoms with van der Waals surface area (Å²) in [6.07, 6.45) is 9.05. The maximum absolute atomic E-state index is 10.9.